The van der Waals surface area contributed by atoms with Crippen molar-refractivity contribution in [1.29, 1.82) is 0 Å². The summed E-state index contributed by atoms with van der Waals surface area (Å²) < 4.78 is 0. The second-order valence-corrected chi connectivity index (χ2v) is 6.98. The van der Waals surface area contributed by atoms with Gasteiger partial charge in [0.1, 0.15) is 0 Å². The van der Waals surface area contributed by atoms with Gasteiger partial charge in [-0.3, -0.25) is 4.99 Å². The molecule has 1 aromatic rings. The van der Waals surface area contributed by atoms with Gasteiger partial charge in [-0.15, -0.1) is 0 Å². The Morgan fingerprint density at radius 3 is 2.15 bits per heavy atom. The van der Waals surface area contributed by atoms with Crippen molar-refractivity contribution in [1.82, 2.24) is 5.32 Å². The quantitative estimate of drug-likeness (QED) is 0.459. The highest BCUT2D eigenvalue weighted by Gasteiger charge is 2.27. The van der Waals surface area contributed by atoms with Gasteiger partial charge in [-0.2, -0.15) is 0 Å². The van der Waals surface area contributed by atoms with E-state index in [1.54, 1.807) is 24.6 Å². The van der Waals surface area contributed by atoms with Crippen molar-refractivity contribution in [2.45, 2.75) is 51.4 Å². The molecule has 0 amide bonds. The zero-order chi connectivity index (χ0) is 20.4. The van der Waals surface area contributed by atoms with Gasteiger partial charge in [0, 0.05) is 12.4 Å². The Hall–Kier alpha value is -2.19. The smallest absolute Gasteiger partial charge is 0.0296 e. The van der Waals surface area contributed by atoms with E-state index in [1.807, 2.05) is 33.2 Å². The van der Waals surface area contributed by atoms with E-state index in [9.17, 15) is 0 Å². The number of allylic oxidation sites excluding steroid dienone is 5. The van der Waals surface area contributed by atoms with E-state index >= 15 is 0 Å². The first-order valence-electron chi connectivity index (χ1n) is 9.78. The van der Waals surface area contributed by atoms with Crippen LogP contribution in [0.4, 0.5) is 0 Å². The Kier molecular flexibility index (Phi) is 14.7. The molecule has 0 unspecified atom stereocenters. The van der Waals surface area contributed by atoms with Crippen molar-refractivity contribution < 1.29 is 0 Å². The first-order chi connectivity index (χ1) is 13.0. The molecular formula is C25H38N2. The van der Waals surface area contributed by atoms with Crippen LogP contribution >= 0.6 is 0 Å². The van der Waals surface area contributed by atoms with E-state index in [0.29, 0.717) is 5.41 Å². The molecule has 1 aliphatic rings. The van der Waals surface area contributed by atoms with Crippen LogP contribution in [0.25, 0.3) is 0 Å². The summed E-state index contributed by atoms with van der Waals surface area (Å²) in [5, 5.41) is 2.75. The summed E-state index contributed by atoms with van der Waals surface area (Å²) in [7, 11) is 3.75. The van der Waals surface area contributed by atoms with Crippen LogP contribution in [0, 0.1) is 0 Å². The summed E-state index contributed by atoms with van der Waals surface area (Å²) in [6.07, 6.45) is 17.5. The van der Waals surface area contributed by atoms with Crippen LogP contribution in [0.2, 0.25) is 0 Å². The van der Waals surface area contributed by atoms with Crippen LogP contribution in [0.15, 0.2) is 84.6 Å². The highest BCUT2D eigenvalue weighted by atomic mass is 14.7. The average Bonchev–Trinajstić information content (AvgIpc) is 2.70. The predicted octanol–water partition coefficient (Wildman–Crippen LogP) is 6.63. The van der Waals surface area contributed by atoms with E-state index in [2.05, 4.69) is 60.7 Å². The molecular weight excluding hydrogens is 328 g/mol. The summed E-state index contributed by atoms with van der Waals surface area (Å²) >= 11 is 0. The highest BCUT2D eigenvalue weighted by molar-refractivity contribution is 5.72. The van der Waals surface area contributed by atoms with Crippen LogP contribution in [0.5, 0.6) is 0 Å². The van der Waals surface area contributed by atoms with Gasteiger partial charge in [-0.1, -0.05) is 87.9 Å². The van der Waals surface area contributed by atoms with Crippen LogP contribution < -0.4 is 5.32 Å². The largest absolute Gasteiger partial charge is 0.323 e. The average molecular weight is 367 g/mol. The zero-order valence-electron chi connectivity index (χ0n) is 17.7. The van der Waals surface area contributed by atoms with Crippen LogP contribution in [0.1, 0.15) is 51.5 Å². The van der Waals surface area contributed by atoms with Crippen molar-refractivity contribution in [2.75, 3.05) is 14.1 Å². The molecule has 0 saturated heterocycles. The molecule has 1 aliphatic carbocycles. The lowest BCUT2D eigenvalue weighted by Gasteiger charge is -2.34. The van der Waals surface area contributed by atoms with Gasteiger partial charge in [0.15, 0.2) is 0 Å². The van der Waals surface area contributed by atoms with Crippen LogP contribution in [-0.4, -0.2) is 20.3 Å². The van der Waals surface area contributed by atoms with E-state index in [-0.39, 0.29) is 0 Å². The lowest BCUT2D eigenvalue weighted by molar-refractivity contribution is 0.319. The van der Waals surface area contributed by atoms with Crippen LogP contribution in [-0.2, 0) is 5.41 Å². The predicted molar refractivity (Wildman–Crippen MR) is 124 cm³/mol. The van der Waals surface area contributed by atoms with Crippen molar-refractivity contribution in [3.8, 4) is 0 Å². The van der Waals surface area contributed by atoms with Crippen LogP contribution in [0.3, 0.4) is 0 Å². The fraction of sp³-hybridized carbons (Fsp3) is 0.400. The van der Waals surface area contributed by atoms with E-state index < -0.39 is 0 Å². The molecule has 1 N–H and O–H groups in total. The third-order valence-corrected chi connectivity index (χ3v) is 4.45. The Balaban J connectivity index is 0.000000444. The van der Waals surface area contributed by atoms with Crippen molar-refractivity contribution in [3.63, 3.8) is 0 Å². The maximum absolute atomic E-state index is 3.99. The summed E-state index contributed by atoms with van der Waals surface area (Å²) in [5.74, 6) is 0. The molecule has 0 aliphatic heterocycles. The highest BCUT2D eigenvalue weighted by Crippen LogP contribution is 2.38. The minimum atomic E-state index is 0.472. The maximum atomic E-state index is 3.99. The molecule has 2 nitrogen and oxygen atoms in total. The standard InChI is InChI=1S/C13H18.C10H13N.C2H7N/c1-13(10-6-3-7-11-13)12-8-4-2-5-9-12;1-4-6-7-8-11-9-10(3)5-2;1-3-2/h2,4-5,8-9H,3,6-7,10-11H2,1H3;4-9H,1-2H2,3H3;3H,1-2H3/b;7-6+,10-9+,11-8-;. The first kappa shape index (κ1) is 24.8. The Labute approximate surface area is 167 Å². The molecule has 0 heterocycles. The summed E-state index contributed by atoms with van der Waals surface area (Å²) in [5.41, 5.74) is 3.06. The van der Waals surface area contributed by atoms with Crippen molar-refractivity contribution in [3.05, 3.63) is 85.1 Å². The van der Waals surface area contributed by atoms with E-state index in [4.69, 9.17) is 0 Å². The fourth-order valence-corrected chi connectivity index (χ4v) is 2.85. The molecule has 2 heteroatoms. The molecule has 148 valence electrons. The van der Waals surface area contributed by atoms with Gasteiger partial charge >= 0.3 is 0 Å². The second-order valence-electron chi connectivity index (χ2n) is 6.98. The third kappa shape index (κ3) is 11.9. The molecule has 0 radical (unpaired) electrons. The zero-order valence-corrected chi connectivity index (χ0v) is 17.7. The number of hydrogen-bond donors (Lipinski definition) is 1. The summed E-state index contributed by atoms with van der Waals surface area (Å²) in [4.78, 5) is 3.99. The van der Waals surface area contributed by atoms with Crippen molar-refractivity contribution in [2.24, 2.45) is 4.99 Å². The van der Waals surface area contributed by atoms with Gasteiger partial charge in [-0.25, -0.2) is 0 Å². The summed E-state index contributed by atoms with van der Waals surface area (Å²) in [6, 6.07) is 11.0. The maximum Gasteiger partial charge on any atom is 0.0296 e. The number of rotatable bonds is 5. The molecule has 0 spiro atoms. The SMILES string of the molecule is C=C/C=C/C=N\C=C(/C)C=C.CC1(c2ccccc2)CCCCC1.CNC. The van der Waals surface area contributed by atoms with Gasteiger partial charge in [0.2, 0.25) is 0 Å². The van der Waals surface area contributed by atoms with Gasteiger partial charge in [-0.05, 0) is 56.5 Å². The number of nitrogens with zero attached hydrogens (tertiary/aromatic N) is 1. The minimum Gasteiger partial charge on any atom is -0.323 e. The Morgan fingerprint density at radius 2 is 1.63 bits per heavy atom. The Morgan fingerprint density at radius 1 is 1.04 bits per heavy atom. The number of nitrogens with one attached hydrogen (secondary N) is 1. The topological polar surface area (TPSA) is 24.4 Å². The lowest BCUT2D eigenvalue weighted by atomic mass is 9.71. The number of benzene rings is 1. The fourth-order valence-electron chi connectivity index (χ4n) is 2.85. The van der Waals surface area contributed by atoms with E-state index in [0.717, 1.165) is 5.57 Å². The van der Waals surface area contributed by atoms with Gasteiger partial charge in [0.05, 0.1) is 0 Å². The normalized spacial score (nSPS) is 16.1. The molecule has 1 saturated carbocycles. The second kappa shape index (κ2) is 16.0. The molecule has 0 aromatic heterocycles. The van der Waals surface area contributed by atoms with Gasteiger partial charge in [0.25, 0.3) is 0 Å². The molecule has 0 atom stereocenters. The monoisotopic (exact) mass is 366 g/mol. The molecule has 1 aromatic carbocycles. The first-order valence-corrected chi connectivity index (χ1v) is 9.78. The van der Waals surface area contributed by atoms with Gasteiger partial charge < -0.3 is 5.32 Å². The molecule has 27 heavy (non-hydrogen) atoms. The molecule has 0 bridgehead atoms. The van der Waals surface area contributed by atoms with Crippen molar-refractivity contribution >= 4 is 6.21 Å². The molecule has 2 rings (SSSR count). The summed E-state index contributed by atoms with van der Waals surface area (Å²) in [6.45, 7) is 11.5. The van der Waals surface area contributed by atoms with E-state index in [1.165, 1.54) is 37.7 Å². The number of aliphatic imine (C=N–C) groups is 1. The molecule has 1 fully saturated rings. The Bertz CT molecular complexity index is 588. The lowest BCUT2D eigenvalue weighted by Crippen LogP contribution is -2.24. The third-order valence-electron chi connectivity index (χ3n) is 4.45. The minimum absolute atomic E-state index is 0.472. The number of hydrogen-bond acceptors (Lipinski definition) is 2.